The molecule has 110 valence electrons. The lowest BCUT2D eigenvalue weighted by atomic mass is 10.3. The summed E-state index contributed by atoms with van der Waals surface area (Å²) in [4.78, 5) is 27.1. The molecule has 19 heavy (non-hydrogen) atoms. The molecule has 1 heterocycles. The molecule has 0 atom stereocenters. The molecule has 0 aromatic heterocycles. The van der Waals surface area contributed by atoms with Gasteiger partial charge in [0.2, 0.25) is 0 Å². The average Bonchev–Trinajstić information content (AvgIpc) is 2.39. The fourth-order valence-electron chi connectivity index (χ4n) is 1.82. The summed E-state index contributed by atoms with van der Waals surface area (Å²) in [6, 6.07) is 0. The first-order valence-electron chi connectivity index (χ1n) is 6.73. The van der Waals surface area contributed by atoms with E-state index >= 15 is 0 Å². The molecular formula is C12H25N5O2. The molecule has 0 saturated carbocycles. The standard InChI is InChI=1S/C12H25N5O2/c1-16(2)7-5-14-11(18)12(19)15-6-10-17-8-3-13-4-9-17/h13H,3-10H2,1-2H3,(H,14,18)(H,15,19). The predicted molar refractivity (Wildman–Crippen MR) is 73.9 cm³/mol. The summed E-state index contributed by atoms with van der Waals surface area (Å²) < 4.78 is 0. The zero-order chi connectivity index (χ0) is 14.1. The van der Waals surface area contributed by atoms with Crippen LogP contribution in [0.15, 0.2) is 0 Å². The van der Waals surface area contributed by atoms with Crippen LogP contribution < -0.4 is 16.0 Å². The Morgan fingerprint density at radius 2 is 1.68 bits per heavy atom. The number of piperazine rings is 1. The van der Waals surface area contributed by atoms with Crippen LogP contribution in [0.3, 0.4) is 0 Å². The molecular weight excluding hydrogens is 246 g/mol. The number of carbonyl (C=O) groups excluding carboxylic acids is 2. The Bertz CT molecular complexity index is 290. The van der Waals surface area contributed by atoms with Crippen molar-refractivity contribution in [2.24, 2.45) is 0 Å². The molecule has 7 heteroatoms. The van der Waals surface area contributed by atoms with Crippen molar-refractivity contribution >= 4 is 11.8 Å². The predicted octanol–water partition coefficient (Wildman–Crippen LogP) is -2.31. The molecule has 0 bridgehead atoms. The number of carbonyl (C=O) groups is 2. The fourth-order valence-corrected chi connectivity index (χ4v) is 1.82. The van der Waals surface area contributed by atoms with Crippen LogP contribution >= 0.6 is 0 Å². The summed E-state index contributed by atoms with van der Waals surface area (Å²) in [5, 5.41) is 8.49. The Labute approximate surface area is 114 Å². The van der Waals surface area contributed by atoms with Gasteiger partial charge in [0, 0.05) is 52.4 Å². The summed E-state index contributed by atoms with van der Waals surface area (Å²) in [6.45, 7) is 6.46. The smallest absolute Gasteiger partial charge is 0.309 e. The van der Waals surface area contributed by atoms with Gasteiger partial charge in [0.25, 0.3) is 0 Å². The molecule has 3 N–H and O–H groups in total. The number of hydrogen-bond acceptors (Lipinski definition) is 5. The highest BCUT2D eigenvalue weighted by Gasteiger charge is 2.13. The molecule has 1 saturated heterocycles. The lowest BCUT2D eigenvalue weighted by molar-refractivity contribution is -0.139. The van der Waals surface area contributed by atoms with E-state index < -0.39 is 11.8 Å². The monoisotopic (exact) mass is 271 g/mol. The number of nitrogens with zero attached hydrogens (tertiary/aromatic N) is 2. The number of rotatable bonds is 6. The number of nitrogens with one attached hydrogen (secondary N) is 3. The van der Waals surface area contributed by atoms with E-state index in [1.54, 1.807) is 0 Å². The molecule has 0 aromatic rings. The molecule has 1 aliphatic rings. The second-order valence-corrected chi connectivity index (χ2v) is 4.91. The van der Waals surface area contributed by atoms with E-state index in [9.17, 15) is 9.59 Å². The molecule has 0 unspecified atom stereocenters. The van der Waals surface area contributed by atoms with Gasteiger partial charge < -0.3 is 20.9 Å². The lowest BCUT2D eigenvalue weighted by Crippen LogP contribution is -2.48. The third-order valence-corrected chi connectivity index (χ3v) is 2.97. The average molecular weight is 271 g/mol. The molecule has 7 nitrogen and oxygen atoms in total. The van der Waals surface area contributed by atoms with Crippen molar-refractivity contribution in [1.82, 2.24) is 25.8 Å². The second kappa shape index (κ2) is 8.84. The van der Waals surface area contributed by atoms with E-state index in [1.807, 2.05) is 19.0 Å². The first kappa shape index (κ1) is 15.9. The van der Waals surface area contributed by atoms with Crippen LogP contribution in [-0.4, -0.2) is 88.1 Å². The number of amides is 2. The van der Waals surface area contributed by atoms with E-state index in [4.69, 9.17) is 0 Å². The van der Waals surface area contributed by atoms with Crippen LogP contribution in [0.25, 0.3) is 0 Å². The molecule has 0 aliphatic carbocycles. The summed E-state index contributed by atoms with van der Waals surface area (Å²) in [5.41, 5.74) is 0. The maximum Gasteiger partial charge on any atom is 0.309 e. The zero-order valence-electron chi connectivity index (χ0n) is 11.9. The minimum absolute atomic E-state index is 0.483. The van der Waals surface area contributed by atoms with E-state index in [0.717, 1.165) is 39.3 Å². The van der Waals surface area contributed by atoms with Gasteiger partial charge in [-0.1, -0.05) is 0 Å². The van der Waals surface area contributed by atoms with Gasteiger partial charge in [-0.25, -0.2) is 0 Å². The van der Waals surface area contributed by atoms with Crippen LogP contribution in [0, 0.1) is 0 Å². The first-order valence-corrected chi connectivity index (χ1v) is 6.73. The van der Waals surface area contributed by atoms with Gasteiger partial charge in [-0.15, -0.1) is 0 Å². The minimum atomic E-state index is -0.554. The summed E-state index contributed by atoms with van der Waals surface area (Å²) in [7, 11) is 3.83. The lowest BCUT2D eigenvalue weighted by Gasteiger charge is -2.26. The van der Waals surface area contributed by atoms with E-state index in [-0.39, 0.29) is 0 Å². The third kappa shape index (κ3) is 7.09. The van der Waals surface area contributed by atoms with Crippen molar-refractivity contribution in [1.29, 1.82) is 0 Å². The van der Waals surface area contributed by atoms with Crippen LogP contribution in [0.1, 0.15) is 0 Å². The highest BCUT2D eigenvalue weighted by Crippen LogP contribution is 1.89. The zero-order valence-corrected chi connectivity index (χ0v) is 11.9. The Kier molecular flexibility index (Phi) is 7.39. The molecule has 1 rings (SSSR count). The van der Waals surface area contributed by atoms with E-state index in [0.29, 0.717) is 13.1 Å². The van der Waals surface area contributed by atoms with Gasteiger partial charge in [0.05, 0.1) is 0 Å². The maximum atomic E-state index is 11.5. The van der Waals surface area contributed by atoms with Crippen molar-refractivity contribution in [2.45, 2.75) is 0 Å². The van der Waals surface area contributed by atoms with Crippen LogP contribution in [0.5, 0.6) is 0 Å². The topological polar surface area (TPSA) is 76.7 Å². The molecule has 0 aromatic carbocycles. The van der Waals surface area contributed by atoms with Crippen molar-refractivity contribution in [3.05, 3.63) is 0 Å². The summed E-state index contributed by atoms with van der Waals surface area (Å²) >= 11 is 0. The molecule has 0 spiro atoms. The van der Waals surface area contributed by atoms with Crippen molar-refractivity contribution in [3.63, 3.8) is 0 Å². The van der Waals surface area contributed by atoms with Crippen molar-refractivity contribution < 1.29 is 9.59 Å². The van der Waals surface area contributed by atoms with E-state index in [1.165, 1.54) is 0 Å². The summed E-state index contributed by atoms with van der Waals surface area (Å²) in [6.07, 6.45) is 0. The van der Waals surface area contributed by atoms with E-state index in [2.05, 4.69) is 20.9 Å². The largest absolute Gasteiger partial charge is 0.347 e. The minimum Gasteiger partial charge on any atom is -0.347 e. The molecule has 1 fully saturated rings. The fraction of sp³-hybridized carbons (Fsp3) is 0.833. The highest BCUT2D eigenvalue weighted by molar-refractivity contribution is 6.35. The van der Waals surface area contributed by atoms with Gasteiger partial charge in [0.1, 0.15) is 0 Å². The molecule has 0 radical (unpaired) electrons. The van der Waals surface area contributed by atoms with Gasteiger partial charge in [-0.05, 0) is 14.1 Å². The number of likely N-dealkylation sites (N-methyl/N-ethyl adjacent to an activating group) is 1. The Morgan fingerprint density at radius 3 is 2.26 bits per heavy atom. The maximum absolute atomic E-state index is 11.5. The molecule has 1 aliphatic heterocycles. The Morgan fingerprint density at radius 1 is 1.11 bits per heavy atom. The summed E-state index contributed by atoms with van der Waals surface area (Å²) in [5.74, 6) is -1.10. The molecule has 2 amide bonds. The highest BCUT2D eigenvalue weighted by atomic mass is 16.2. The van der Waals surface area contributed by atoms with Gasteiger partial charge in [-0.3, -0.25) is 14.5 Å². The second-order valence-electron chi connectivity index (χ2n) is 4.91. The van der Waals surface area contributed by atoms with Crippen molar-refractivity contribution in [2.75, 3.05) is 66.5 Å². The van der Waals surface area contributed by atoms with Crippen LogP contribution in [0.4, 0.5) is 0 Å². The third-order valence-electron chi connectivity index (χ3n) is 2.97. The normalized spacial score (nSPS) is 16.4. The Hall–Kier alpha value is -1.18. The first-order chi connectivity index (χ1) is 9.09. The Balaban J connectivity index is 2.07. The van der Waals surface area contributed by atoms with Crippen molar-refractivity contribution in [3.8, 4) is 0 Å². The van der Waals surface area contributed by atoms with Crippen LogP contribution in [0.2, 0.25) is 0 Å². The SMILES string of the molecule is CN(C)CCNC(=O)C(=O)NCCN1CCNCC1. The van der Waals surface area contributed by atoms with Crippen LogP contribution in [-0.2, 0) is 9.59 Å². The van der Waals surface area contributed by atoms with Gasteiger partial charge in [0.15, 0.2) is 0 Å². The quantitative estimate of drug-likeness (QED) is 0.473. The van der Waals surface area contributed by atoms with Gasteiger partial charge >= 0.3 is 11.8 Å². The number of hydrogen-bond donors (Lipinski definition) is 3. The van der Waals surface area contributed by atoms with Gasteiger partial charge in [-0.2, -0.15) is 0 Å².